The molecule has 0 saturated heterocycles. The van der Waals surface area contributed by atoms with E-state index in [4.69, 9.17) is 5.73 Å². The summed E-state index contributed by atoms with van der Waals surface area (Å²) in [5, 5.41) is 12.7. The number of nitrogens with zero attached hydrogens (tertiary/aromatic N) is 2. The molecule has 0 aliphatic rings. The smallest absolute Gasteiger partial charge is 0.227 e. The quantitative estimate of drug-likeness (QED) is 0.505. The first-order chi connectivity index (χ1) is 11.2. The monoisotopic (exact) mass is 306 g/mol. The van der Waals surface area contributed by atoms with Crippen molar-refractivity contribution < 1.29 is 5.11 Å². The zero-order valence-corrected chi connectivity index (χ0v) is 12.8. The first-order valence-corrected chi connectivity index (χ1v) is 7.43. The topological polar surface area (TPSA) is 84.1 Å². The van der Waals surface area contributed by atoms with Gasteiger partial charge in [-0.2, -0.15) is 0 Å². The second-order valence-corrected chi connectivity index (χ2v) is 5.22. The molecule has 0 radical (unpaired) electrons. The number of aryl methyl sites for hydroxylation is 1. The van der Waals surface area contributed by atoms with Gasteiger partial charge in [0.1, 0.15) is 5.75 Å². The number of hydrogen-bond donors (Lipinski definition) is 3. The molecule has 3 aromatic rings. The number of hydrogen-bond acceptors (Lipinski definition) is 5. The lowest BCUT2D eigenvalue weighted by Gasteiger charge is -2.08. The molecule has 0 spiro atoms. The highest BCUT2D eigenvalue weighted by molar-refractivity contribution is 5.69. The SMILES string of the molecule is CCc1cccc(Nc2nccc(-c3ccc(O)c(N)c3)n2)c1. The molecular weight excluding hydrogens is 288 g/mol. The molecule has 116 valence electrons. The minimum atomic E-state index is 0.0672. The van der Waals surface area contributed by atoms with Crippen molar-refractivity contribution in [2.24, 2.45) is 0 Å². The second-order valence-electron chi connectivity index (χ2n) is 5.22. The molecule has 0 aliphatic heterocycles. The number of aromatic nitrogens is 2. The minimum Gasteiger partial charge on any atom is -0.506 e. The molecule has 0 bridgehead atoms. The molecule has 0 atom stereocenters. The highest BCUT2D eigenvalue weighted by Crippen LogP contribution is 2.27. The summed E-state index contributed by atoms with van der Waals surface area (Å²) in [6, 6.07) is 15.0. The van der Waals surface area contributed by atoms with Crippen LogP contribution < -0.4 is 11.1 Å². The van der Waals surface area contributed by atoms with Crippen LogP contribution in [0.4, 0.5) is 17.3 Å². The van der Waals surface area contributed by atoms with Gasteiger partial charge in [-0.05, 0) is 48.4 Å². The summed E-state index contributed by atoms with van der Waals surface area (Å²) < 4.78 is 0. The lowest BCUT2D eigenvalue weighted by atomic mass is 10.1. The van der Waals surface area contributed by atoms with Crippen molar-refractivity contribution in [1.82, 2.24) is 9.97 Å². The Bertz CT molecular complexity index is 833. The largest absolute Gasteiger partial charge is 0.506 e. The molecular formula is C18H18N4O. The molecule has 0 amide bonds. The average molecular weight is 306 g/mol. The molecule has 1 heterocycles. The molecule has 5 nitrogen and oxygen atoms in total. The Morgan fingerprint density at radius 3 is 2.78 bits per heavy atom. The Hall–Kier alpha value is -3.08. The zero-order chi connectivity index (χ0) is 16.2. The van der Waals surface area contributed by atoms with E-state index in [-0.39, 0.29) is 5.75 Å². The first-order valence-electron chi connectivity index (χ1n) is 7.43. The van der Waals surface area contributed by atoms with Crippen LogP contribution >= 0.6 is 0 Å². The van der Waals surface area contributed by atoms with Crippen molar-refractivity contribution in [1.29, 1.82) is 0 Å². The summed E-state index contributed by atoms with van der Waals surface area (Å²) in [6.45, 7) is 2.12. The van der Waals surface area contributed by atoms with Crippen molar-refractivity contribution in [2.75, 3.05) is 11.1 Å². The average Bonchev–Trinajstić information content (AvgIpc) is 2.58. The van der Waals surface area contributed by atoms with Crippen LogP contribution in [0, 0.1) is 0 Å². The second kappa shape index (κ2) is 6.36. The van der Waals surface area contributed by atoms with E-state index in [0.717, 1.165) is 23.4 Å². The van der Waals surface area contributed by atoms with Crippen molar-refractivity contribution in [2.45, 2.75) is 13.3 Å². The molecule has 0 saturated carbocycles. The number of nitrogens with two attached hydrogens (primary N) is 1. The van der Waals surface area contributed by atoms with Crippen LogP contribution in [0.15, 0.2) is 54.7 Å². The summed E-state index contributed by atoms with van der Waals surface area (Å²) in [7, 11) is 0. The van der Waals surface area contributed by atoms with Crippen LogP contribution in [-0.4, -0.2) is 15.1 Å². The van der Waals surface area contributed by atoms with E-state index in [0.29, 0.717) is 11.6 Å². The van der Waals surface area contributed by atoms with E-state index in [1.54, 1.807) is 30.5 Å². The van der Waals surface area contributed by atoms with Crippen molar-refractivity contribution in [3.05, 3.63) is 60.3 Å². The van der Waals surface area contributed by atoms with Crippen molar-refractivity contribution >= 4 is 17.3 Å². The van der Waals surface area contributed by atoms with Crippen LogP contribution in [0.2, 0.25) is 0 Å². The van der Waals surface area contributed by atoms with Gasteiger partial charge in [0.25, 0.3) is 0 Å². The Kier molecular flexibility index (Phi) is 4.10. The molecule has 3 rings (SSSR count). The number of phenolic OH excluding ortho intramolecular Hbond substituents is 1. The molecule has 0 aliphatic carbocycles. The fourth-order valence-corrected chi connectivity index (χ4v) is 2.29. The third kappa shape index (κ3) is 3.40. The van der Waals surface area contributed by atoms with Gasteiger partial charge in [-0.3, -0.25) is 0 Å². The molecule has 1 aromatic heterocycles. The molecule has 4 N–H and O–H groups in total. The maximum Gasteiger partial charge on any atom is 0.227 e. The summed E-state index contributed by atoms with van der Waals surface area (Å²) >= 11 is 0. The maximum absolute atomic E-state index is 9.52. The van der Waals surface area contributed by atoms with Gasteiger partial charge in [0.2, 0.25) is 5.95 Å². The van der Waals surface area contributed by atoms with Gasteiger partial charge in [-0.25, -0.2) is 9.97 Å². The van der Waals surface area contributed by atoms with Gasteiger partial charge in [-0.1, -0.05) is 19.1 Å². The van der Waals surface area contributed by atoms with E-state index in [9.17, 15) is 5.11 Å². The van der Waals surface area contributed by atoms with Crippen molar-refractivity contribution in [3.63, 3.8) is 0 Å². The number of nitrogen functional groups attached to an aromatic ring is 1. The summed E-state index contributed by atoms with van der Waals surface area (Å²) in [6.07, 6.45) is 2.67. The number of rotatable bonds is 4. The number of anilines is 3. The molecule has 0 unspecified atom stereocenters. The van der Waals surface area contributed by atoms with Gasteiger partial charge in [0.05, 0.1) is 11.4 Å². The summed E-state index contributed by atoms with van der Waals surface area (Å²) in [5.74, 6) is 0.583. The maximum atomic E-state index is 9.52. The standard InChI is InChI=1S/C18H18N4O/c1-2-12-4-3-5-14(10-12)21-18-20-9-8-16(22-18)13-6-7-17(23)15(19)11-13/h3-11,23H,2,19H2,1H3,(H,20,21,22). The van der Waals surface area contributed by atoms with Crippen molar-refractivity contribution in [3.8, 4) is 17.0 Å². The fourth-order valence-electron chi connectivity index (χ4n) is 2.29. The summed E-state index contributed by atoms with van der Waals surface area (Å²) in [5.41, 5.74) is 9.83. The molecule has 5 heteroatoms. The number of aromatic hydroxyl groups is 1. The molecule has 23 heavy (non-hydrogen) atoms. The number of benzene rings is 2. The normalized spacial score (nSPS) is 10.5. The van der Waals surface area contributed by atoms with Gasteiger partial charge >= 0.3 is 0 Å². The Labute approximate surface area is 134 Å². The number of phenols is 1. The highest BCUT2D eigenvalue weighted by atomic mass is 16.3. The Morgan fingerprint density at radius 2 is 2.00 bits per heavy atom. The first kappa shape index (κ1) is 14.8. The van der Waals surface area contributed by atoms with E-state index in [2.05, 4.69) is 34.3 Å². The lowest BCUT2D eigenvalue weighted by Crippen LogP contribution is -1.98. The Morgan fingerprint density at radius 1 is 1.13 bits per heavy atom. The minimum absolute atomic E-state index is 0.0672. The van der Waals surface area contributed by atoms with Gasteiger partial charge in [-0.15, -0.1) is 0 Å². The highest BCUT2D eigenvalue weighted by Gasteiger charge is 2.05. The number of nitrogens with one attached hydrogen (secondary N) is 1. The molecule has 2 aromatic carbocycles. The van der Waals surface area contributed by atoms with Crippen LogP contribution in [0.3, 0.4) is 0 Å². The van der Waals surface area contributed by atoms with E-state index in [1.165, 1.54) is 5.56 Å². The lowest BCUT2D eigenvalue weighted by molar-refractivity contribution is 0.478. The fraction of sp³-hybridized carbons (Fsp3) is 0.111. The van der Waals surface area contributed by atoms with Crippen LogP contribution in [-0.2, 0) is 6.42 Å². The van der Waals surface area contributed by atoms with Crippen LogP contribution in [0.25, 0.3) is 11.3 Å². The van der Waals surface area contributed by atoms with E-state index < -0.39 is 0 Å². The van der Waals surface area contributed by atoms with E-state index >= 15 is 0 Å². The van der Waals surface area contributed by atoms with Gasteiger partial charge in [0.15, 0.2) is 0 Å². The van der Waals surface area contributed by atoms with E-state index in [1.807, 2.05) is 12.1 Å². The third-order valence-electron chi connectivity index (χ3n) is 3.57. The van der Waals surface area contributed by atoms with Crippen LogP contribution in [0.1, 0.15) is 12.5 Å². The Balaban J connectivity index is 1.88. The van der Waals surface area contributed by atoms with Gasteiger partial charge in [0, 0.05) is 17.4 Å². The van der Waals surface area contributed by atoms with Crippen LogP contribution in [0.5, 0.6) is 5.75 Å². The third-order valence-corrected chi connectivity index (χ3v) is 3.57. The van der Waals surface area contributed by atoms with Gasteiger partial charge < -0.3 is 16.2 Å². The predicted molar refractivity (Wildman–Crippen MR) is 92.6 cm³/mol. The predicted octanol–water partition coefficient (Wildman–Crippen LogP) is 3.74. The molecule has 0 fully saturated rings. The summed E-state index contributed by atoms with van der Waals surface area (Å²) in [4.78, 5) is 8.76. The zero-order valence-electron chi connectivity index (χ0n) is 12.8.